The summed E-state index contributed by atoms with van der Waals surface area (Å²) in [7, 11) is 0. The molecule has 0 unspecified atom stereocenters. The topological polar surface area (TPSA) is 270 Å². The van der Waals surface area contributed by atoms with Gasteiger partial charge in [-0.05, 0) is 49.9 Å². The second-order valence-electron chi connectivity index (χ2n) is 12.3. The summed E-state index contributed by atoms with van der Waals surface area (Å²) in [6, 6.07) is 8.85. The van der Waals surface area contributed by atoms with E-state index in [1.165, 1.54) is 30.9 Å². The molecule has 10 N–H and O–H groups in total. The van der Waals surface area contributed by atoms with Crippen molar-refractivity contribution < 1.29 is 48.9 Å². The number of aliphatic carboxylic acids is 1. The first kappa shape index (κ1) is 39.9. The van der Waals surface area contributed by atoms with Crippen LogP contribution in [0.5, 0.6) is 5.75 Å². The van der Waals surface area contributed by atoms with Gasteiger partial charge in [-0.15, -0.1) is 0 Å². The van der Waals surface area contributed by atoms with E-state index >= 15 is 0 Å². The quantitative estimate of drug-likeness (QED) is 0.0840. The Morgan fingerprint density at radius 3 is 1.96 bits per heavy atom. The number of amides is 6. The lowest BCUT2D eigenvalue weighted by Gasteiger charge is -2.27. The van der Waals surface area contributed by atoms with E-state index < -0.39 is 90.8 Å². The zero-order valence-electron chi connectivity index (χ0n) is 28.3. The number of likely N-dealkylation sites (tertiary alicyclic amines) is 1. The molecule has 0 radical (unpaired) electrons. The fourth-order valence-corrected chi connectivity index (χ4v) is 5.26. The van der Waals surface area contributed by atoms with Gasteiger partial charge in [0.2, 0.25) is 35.4 Å². The van der Waals surface area contributed by atoms with E-state index in [0.29, 0.717) is 17.5 Å². The van der Waals surface area contributed by atoms with Crippen molar-refractivity contribution in [3.8, 4) is 5.75 Å². The van der Waals surface area contributed by atoms with Gasteiger partial charge in [-0.25, -0.2) is 0 Å². The minimum atomic E-state index is -1.32. The van der Waals surface area contributed by atoms with Crippen LogP contribution in [-0.4, -0.2) is 118 Å². The average Bonchev–Trinajstić information content (AvgIpc) is 3.60. The lowest BCUT2D eigenvalue weighted by atomic mass is 10.0. The third kappa shape index (κ3) is 12.4. The number of aliphatic hydroxyl groups excluding tert-OH is 1. The number of hydrogen-bond acceptors (Lipinski definition) is 10. The van der Waals surface area contributed by atoms with Gasteiger partial charge in [0.25, 0.3) is 0 Å². The molecule has 17 heteroatoms. The summed E-state index contributed by atoms with van der Waals surface area (Å²) in [5.41, 5.74) is 7.01. The van der Waals surface area contributed by atoms with Crippen LogP contribution >= 0.6 is 0 Å². The summed E-state index contributed by atoms with van der Waals surface area (Å²) in [5.74, 6) is -5.45. The Kier molecular flexibility index (Phi) is 14.9. The number of rotatable bonds is 17. The van der Waals surface area contributed by atoms with Gasteiger partial charge in [-0.3, -0.25) is 33.6 Å². The number of phenolic OH excluding ortho intramolecular Hbond substituents is 1. The smallest absolute Gasteiger partial charge is 0.325 e. The number of nitrogens with two attached hydrogens (primary N) is 1. The first-order valence-corrected chi connectivity index (χ1v) is 16.4. The van der Waals surface area contributed by atoms with Gasteiger partial charge in [0.15, 0.2) is 0 Å². The fourth-order valence-electron chi connectivity index (χ4n) is 5.26. The molecule has 276 valence electrons. The van der Waals surface area contributed by atoms with E-state index in [0.717, 1.165) is 0 Å². The van der Waals surface area contributed by atoms with Gasteiger partial charge in [-0.1, -0.05) is 42.5 Å². The molecule has 0 aliphatic carbocycles. The maximum atomic E-state index is 13.5. The number of nitrogens with zero attached hydrogens (tertiary/aromatic N) is 1. The van der Waals surface area contributed by atoms with Crippen LogP contribution in [-0.2, 0) is 46.4 Å². The summed E-state index contributed by atoms with van der Waals surface area (Å²) in [4.78, 5) is 90.3. The Morgan fingerprint density at radius 1 is 0.804 bits per heavy atom. The number of hydrogen-bond donors (Lipinski definition) is 9. The number of carboxylic acid groups (broad SMARTS) is 1. The first-order chi connectivity index (χ1) is 24.2. The highest BCUT2D eigenvalue weighted by molar-refractivity contribution is 5.96. The number of carbonyl (C=O) groups excluding carboxylic acids is 6. The van der Waals surface area contributed by atoms with Crippen LogP contribution in [0.3, 0.4) is 0 Å². The molecule has 2 aromatic carbocycles. The van der Waals surface area contributed by atoms with Gasteiger partial charge >= 0.3 is 5.97 Å². The van der Waals surface area contributed by atoms with E-state index in [1.54, 1.807) is 42.5 Å². The number of aromatic hydroxyl groups is 1. The van der Waals surface area contributed by atoms with Crippen molar-refractivity contribution in [2.75, 3.05) is 19.6 Å². The molecular formula is C34H45N7O10. The Bertz CT molecular complexity index is 1550. The van der Waals surface area contributed by atoms with Crippen LogP contribution in [0.2, 0.25) is 0 Å². The van der Waals surface area contributed by atoms with Gasteiger partial charge in [-0.2, -0.15) is 0 Å². The number of phenols is 1. The molecule has 1 aliphatic heterocycles. The van der Waals surface area contributed by atoms with Gasteiger partial charge in [0, 0.05) is 19.4 Å². The number of carbonyl (C=O) groups is 7. The third-order valence-electron chi connectivity index (χ3n) is 8.21. The summed E-state index contributed by atoms with van der Waals surface area (Å²) in [6.45, 7) is 1.72. The second-order valence-corrected chi connectivity index (χ2v) is 12.3. The Labute approximate surface area is 294 Å². The number of nitrogens with one attached hydrogen (secondary N) is 5. The molecule has 1 heterocycles. The molecule has 51 heavy (non-hydrogen) atoms. The molecule has 3 rings (SSSR count). The molecule has 1 aliphatic rings. The van der Waals surface area contributed by atoms with Crippen LogP contribution in [0.4, 0.5) is 0 Å². The van der Waals surface area contributed by atoms with Crippen LogP contribution in [0, 0.1) is 0 Å². The second kappa shape index (κ2) is 19.0. The van der Waals surface area contributed by atoms with Crippen molar-refractivity contribution >= 4 is 41.4 Å². The van der Waals surface area contributed by atoms with Crippen LogP contribution < -0.4 is 32.3 Å². The number of carboxylic acids is 1. The van der Waals surface area contributed by atoms with E-state index in [9.17, 15) is 43.8 Å². The van der Waals surface area contributed by atoms with Crippen molar-refractivity contribution in [2.24, 2.45) is 5.73 Å². The molecular weight excluding hydrogens is 666 g/mol. The van der Waals surface area contributed by atoms with Crippen molar-refractivity contribution in [3.05, 3.63) is 65.7 Å². The molecule has 1 fully saturated rings. The summed E-state index contributed by atoms with van der Waals surface area (Å²) < 4.78 is 0. The van der Waals surface area contributed by atoms with E-state index in [2.05, 4.69) is 26.6 Å². The monoisotopic (exact) mass is 711 g/mol. The molecule has 0 bridgehead atoms. The average molecular weight is 712 g/mol. The first-order valence-electron chi connectivity index (χ1n) is 16.4. The Morgan fingerprint density at radius 2 is 1.37 bits per heavy atom. The minimum Gasteiger partial charge on any atom is -0.508 e. The van der Waals surface area contributed by atoms with E-state index in [1.807, 2.05) is 0 Å². The van der Waals surface area contributed by atoms with E-state index in [4.69, 9.17) is 10.8 Å². The molecule has 2 aromatic rings. The summed E-state index contributed by atoms with van der Waals surface area (Å²) >= 11 is 0. The highest BCUT2D eigenvalue weighted by Crippen LogP contribution is 2.18. The predicted octanol–water partition coefficient (Wildman–Crippen LogP) is -2.33. The minimum absolute atomic E-state index is 0.00298. The van der Waals surface area contributed by atoms with Gasteiger partial charge < -0.3 is 52.5 Å². The van der Waals surface area contributed by atoms with Crippen molar-refractivity contribution in [2.45, 2.75) is 75.8 Å². The lowest BCUT2D eigenvalue weighted by molar-refractivity contribution is -0.141. The fraction of sp³-hybridized carbons (Fsp3) is 0.441. The highest BCUT2D eigenvalue weighted by atomic mass is 16.4. The molecule has 0 saturated carbocycles. The molecule has 17 nitrogen and oxygen atoms in total. The highest BCUT2D eigenvalue weighted by Gasteiger charge is 2.36. The van der Waals surface area contributed by atoms with Crippen molar-refractivity contribution in [3.63, 3.8) is 0 Å². The van der Waals surface area contributed by atoms with Crippen LogP contribution in [0.25, 0.3) is 0 Å². The van der Waals surface area contributed by atoms with Gasteiger partial charge in [0.05, 0.1) is 19.2 Å². The standard InChI is InChI=1S/C34H45N7O10/c1-19(34(50)51)38-27(44)17-36-30(46)24(15-21-7-4-3-5-8-21)39-32(48)26-9-6-14-41(26)28(45)18-37-31(47)25(40-33(49)29(35)20(2)42)16-22-10-12-23(43)13-11-22/h3-5,7-8,10-13,19-20,24-26,29,42-43H,6,9,14-18,35H2,1-2H3,(H,36,46)(H,37,47)(H,38,44)(H,39,48)(H,40,49)(H,50,51)/t19-,20+,24-,25-,26-,29-/m0/s1. The summed E-state index contributed by atoms with van der Waals surface area (Å²) in [6.07, 6.45) is -0.440. The van der Waals surface area contributed by atoms with Crippen molar-refractivity contribution in [1.82, 2.24) is 31.5 Å². The third-order valence-corrected chi connectivity index (χ3v) is 8.21. The van der Waals surface area contributed by atoms with Crippen LogP contribution in [0.1, 0.15) is 37.8 Å². The zero-order chi connectivity index (χ0) is 37.7. The van der Waals surface area contributed by atoms with Crippen LogP contribution in [0.15, 0.2) is 54.6 Å². The molecule has 0 aromatic heterocycles. The van der Waals surface area contributed by atoms with Crippen molar-refractivity contribution in [1.29, 1.82) is 0 Å². The molecule has 1 saturated heterocycles. The maximum absolute atomic E-state index is 13.5. The number of aliphatic hydroxyl groups is 1. The SMILES string of the molecule is C[C@H](NC(=O)CNC(=O)[C@H](Cc1ccccc1)NC(=O)[C@@H]1CCCN1C(=O)CNC(=O)[C@H](Cc1ccc(O)cc1)NC(=O)[C@@H](N)[C@@H](C)O)C(=O)O. The zero-order valence-corrected chi connectivity index (χ0v) is 28.3. The Hall–Kier alpha value is -5.55. The Balaban J connectivity index is 1.66. The molecule has 6 amide bonds. The molecule has 0 spiro atoms. The predicted molar refractivity (Wildman–Crippen MR) is 181 cm³/mol. The lowest BCUT2D eigenvalue weighted by Crippen LogP contribution is -2.57. The number of benzene rings is 2. The van der Waals surface area contributed by atoms with E-state index in [-0.39, 0.29) is 31.6 Å². The van der Waals surface area contributed by atoms with Gasteiger partial charge in [0.1, 0.15) is 36.0 Å². The normalized spacial score (nSPS) is 16.8. The largest absolute Gasteiger partial charge is 0.508 e. The summed E-state index contributed by atoms with van der Waals surface area (Å²) in [5, 5.41) is 40.6. The molecule has 6 atom stereocenters. The maximum Gasteiger partial charge on any atom is 0.325 e.